The summed E-state index contributed by atoms with van der Waals surface area (Å²) in [5, 5.41) is 23.0. The average Bonchev–Trinajstić information content (AvgIpc) is 2.19. The van der Waals surface area contributed by atoms with Crippen molar-refractivity contribution in [3.8, 4) is 0 Å². The monoisotopic (exact) mass is 203 g/mol. The van der Waals surface area contributed by atoms with Crippen LogP contribution in [0.4, 0.5) is 0 Å². The van der Waals surface area contributed by atoms with E-state index in [2.05, 4.69) is 5.32 Å². The van der Waals surface area contributed by atoms with Crippen LogP contribution >= 0.6 is 0 Å². The van der Waals surface area contributed by atoms with E-state index in [0.29, 0.717) is 19.4 Å². The van der Waals surface area contributed by atoms with Gasteiger partial charge in [-0.2, -0.15) is 0 Å². The number of aliphatic hydroxyl groups excluding tert-OH is 1. The Bertz CT molecular complexity index is 173. The first-order valence-corrected chi connectivity index (χ1v) is 5.11. The first kappa shape index (κ1) is 11.9. The molecule has 0 bridgehead atoms. The van der Waals surface area contributed by atoms with Crippen LogP contribution in [-0.4, -0.2) is 49.2 Å². The van der Waals surface area contributed by atoms with Crippen molar-refractivity contribution in [2.45, 2.75) is 25.4 Å². The van der Waals surface area contributed by atoms with E-state index in [1.165, 1.54) is 0 Å². The van der Waals surface area contributed by atoms with Crippen LogP contribution in [0.2, 0.25) is 0 Å². The zero-order valence-electron chi connectivity index (χ0n) is 9.05. The third-order valence-corrected chi connectivity index (χ3v) is 3.37. The molecule has 1 aliphatic heterocycles. The third kappa shape index (κ3) is 2.08. The molecule has 1 saturated heterocycles. The SMILES string of the molecule is COCC(C)(CO)C1(O)CCNCC1. The fourth-order valence-corrected chi connectivity index (χ4v) is 2.09. The molecule has 0 saturated carbocycles. The molecular weight excluding hydrogens is 182 g/mol. The zero-order valence-corrected chi connectivity index (χ0v) is 9.05. The first-order valence-electron chi connectivity index (χ1n) is 5.11. The number of rotatable bonds is 4. The lowest BCUT2D eigenvalue weighted by Gasteiger charge is -2.46. The molecule has 3 N–H and O–H groups in total. The molecule has 1 rings (SSSR count). The Morgan fingerprint density at radius 2 is 2.00 bits per heavy atom. The van der Waals surface area contributed by atoms with E-state index in [4.69, 9.17) is 4.74 Å². The summed E-state index contributed by atoms with van der Waals surface area (Å²) in [4.78, 5) is 0. The summed E-state index contributed by atoms with van der Waals surface area (Å²) in [5.41, 5.74) is -1.35. The lowest BCUT2D eigenvalue weighted by molar-refractivity contribution is -0.142. The highest BCUT2D eigenvalue weighted by atomic mass is 16.5. The summed E-state index contributed by atoms with van der Waals surface area (Å²) < 4.78 is 5.08. The summed E-state index contributed by atoms with van der Waals surface area (Å²) in [5.74, 6) is 0. The standard InChI is InChI=1S/C10H21NO3/c1-9(7-12,8-14-2)10(13)3-5-11-6-4-10/h11-13H,3-8H2,1-2H3. The maximum Gasteiger partial charge on any atom is 0.0769 e. The van der Waals surface area contributed by atoms with Crippen molar-refractivity contribution in [2.24, 2.45) is 5.41 Å². The Balaban J connectivity index is 2.73. The van der Waals surface area contributed by atoms with E-state index in [1.807, 2.05) is 6.92 Å². The van der Waals surface area contributed by atoms with Crippen LogP contribution in [0, 0.1) is 5.41 Å². The van der Waals surface area contributed by atoms with Gasteiger partial charge in [-0.1, -0.05) is 6.92 Å². The zero-order chi connectivity index (χ0) is 10.7. The number of aliphatic hydroxyl groups is 2. The molecule has 0 amide bonds. The topological polar surface area (TPSA) is 61.7 Å². The second-order valence-electron chi connectivity index (χ2n) is 4.43. The maximum absolute atomic E-state index is 10.4. The smallest absolute Gasteiger partial charge is 0.0769 e. The summed E-state index contributed by atoms with van der Waals surface area (Å²) in [6.45, 7) is 3.82. The molecule has 1 unspecified atom stereocenters. The van der Waals surface area contributed by atoms with Gasteiger partial charge in [-0.25, -0.2) is 0 Å². The Hall–Kier alpha value is -0.160. The van der Waals surface area contributed by atoms with E-state index in [1.54, 1.807) is 7.11 Å². The predicted molar refractivity (Wildman–Crippen MR) is 54.1 cm³/mol. The van der Waals surface area contributed by atoms with Gasteiger partial charge in [-0.3, -0.25) is 0 Å². The van der Waals surface area contributed by atoms with Crippen LogP contribution < -0.4 is 5.32 Å². The van der Waals surface area contributed by atoms with Crippen LogP contribution in [0.25, 0.3) is 0 Å². The quantitative estimate of drug-likeness (QED) is 0.589. The highest BCUT2D eigenvalue weighted by Crippen LogP contribution is 2.37. The number of hydrogen-bond donors (Lipinski definition) is 3. The first-order chi connectivity index (χ1) is 6.58. The predicted octanol–water partition coefficient (Wildman–Crippen LogP) is -0.254. The van der Waals surface area contributed by atoms with Gasteiger partial charge >= 0.3 is 0 Å². The number of hydrogen-bond acceptors (Lipinski definition) is 4. The molecule has 0 radical (unpaired) electrons. The van der Waals surface area contributed by atoms with Crippen molar-refractivity contribution >= 4 is 0 Å². The number of nitrogens with one attached hydrogen (secondary N) is 1. The number of ether oxygens (including phenoxy) is 1. The lowest BCUT2D eigenvalue weighted by Crippen LogP contribution is -2.56. The van der Waals surface area contributed by atoms with E-state index in [-0.39, 0.29) is 6.61 Å². The summed E-state index contributed by atoms with van der Waals surface area (Å²) in [6, 6.07) is 0. The number of methoxy groups -OCH3 is 1. The second kappa shape index (κ2) is 4.57. The van der Waals surface area contributed by atoms with Crippen molar-refractivity contribution < 1.29 is 14.9 Å². The molecule has 1 atom stereocenters. The summed E-state index contributed by atoms with van der Waals surface area (Å²) in [7, 11) is 1.60. The minimum Gasteiger partial charge on any atom is -0.396 e. The normalized spacial score (nSPS) is 25.7. The molecule has 0 aliphatic carbocycles. The van der Waals surface area contributed by atoms with E-state index in [0.717, 1.165) is 13.1 Å². The highest BCUT2D eigenvalue weighted by Gasteiger charge is 2.46. The molecule has 84 valence electrons. The van der Waals surface area contributed by atoms with Gasteiger partial charge in [0.05, 0.1) is 18.8 Å². The molecule has 0 aromatic carbocycles. The van der Waals surface area contributed by atoms with Crippen molar-refractivity contribution in [3.63, 3.8) is 0 Å². The molecule has 0 spiro atoms. The fourth-order valence-electron chi connectivity index (χ4n) is 2.09. The van der Waals surface area contributed by atoms with Gasteiger partial charge in [-0.15, -0.1) is 0 Å². The van der Waals surface area contributed by atoms with Crippen LogP contribution in [-0.2, 0) is 4.74 Å². The summed E-state index contributed by atoms with van der Waals surface area (Å²) >= 11 is 0. The molecule has 1 heterocycles. The molecule has 1 fully saturated rings. The Morgan fingerprint density at radius 1 is 1.43 bits per heavy atom. The van der Waals surface area contributed by atoms with Crippen molar-refractivity contribution in [1.82, 2.24) is 5.32 Å². The van der Waals surface area contributed by atoms with Crippen LogP contribution in [0.15, 0.2) is 0 Å². The largest absolute Gasteiger partial charge is 0.396 e. The van der Waals surface area contributed by atoms with Crippen molar-refractivity contribution in [3.05, 3.63) is 0 Å². The van der Waals surface area contributed by atoms with Gasteiger partial charge in [-0.05, 0) is 25.9 Å². The van der Waals surface area contributed by atoms with Crippen molar-refractivity contribution in [2.75, 3.05) is 33.4 Å². The van der Waals surface area contributed by atoms with E-state index < -0.39 is 11.0 Å². The van der Waals surface area contributed by atoms with Gasteiger partial charge in [0.2, 0.25) is 0 Å². The summed E-state index contributed by atoms with van der Waals surface area (Å²) in [6.07, 6.45) is 1.35. The minimum absolute atomic E-state index is 0.0443. The van der Waals surface area contributed by atoms with E-state index in [9.17, 15) is 10.2 Å². The van der Waals surface area contributed by atoms with Crippen LogP contribution in [0.3, 0.4) is 0 Å². The Kier molecular flexibility index (Phi) is 3.89. The maximum atomic E-state index is 10.4. The Labute approximate surface area is 85.3 Å². The van der Waals surface area contributed by atoms with Gasteiger partial charge in [0.25, 0.3) is 0 Å². The third-order valence-electron chi connectivity index (χ3n) is 3.37. The Morgan fingerprint density at radius 3 is 2.43 bits per heavy atom. The molecule has 4 heteroatoms. The van der Waals surface area contributed by atoms with E-state index >= 15 is 0 Å². The van der Waals surface area contributed by atoms with Crippen molar-refractivity contribution in [1.29, 1.82) is 0 Å². The van der Waals surface area contributed by atoms with Crippen LogP contribution in [0.1, 0.15) is 19.8 Å². The average molecular weight is 203 g/mol. The highest BCUT2D eigenvalue weighted by molar-refractivity contribution is 4.98. The molecular formula is C10H21NO3. The van der Waals surface area contributed by atoms with Gasteiger partial charge in [0.15, 0.2) is 0 Å². The number of piperidine rings is 1. The lowest BCUT2D eigenvalue weighted by atomic mass is 9.69. The minimum atomic E-state index is -0.803. The van der Waals surface area contributed by atoms with Gasteiger partial charge in [0.1, 0.15) is 0 Å². The van der Waals surface area contributed by atoms with Gasteiger partial charge in [0, 0.05) is 12.5 Å². The van der Waals surface area contributed by atoms with Crippen LogP contribution in [0.5, 0.6) is 0 Å². The molecule has 0 aromatic rings. The molecule has 1 aliphatic rings. The molecule has 0 aromatic heterocycles. The van der Waals surface area contributed by atoms with Gasteiger partial charge < -0.3 is 20.3 Å². The fraction of sp³-hybridized carbons (Fsp3) is 1.00. The second-order valence-corrected chi connectivity index (χ2v) is 4.43. The molecule has 14 heavy (non-hydrogen) atoms. The molecule has 4 nitrogen and oxygen atoms in total.